The zero-order valence-corrected chi connectivity index (χ0v) is 14.4. The molecule has 0 radical (unpaired) electrons. The summed E-state index contributed by atoms with van der Waals surface area (Å²) in [5.74, 6) is 0.741. The van der Waals surface area contributed by atoms with Crippen molar-refractivity contribution in [3.8, 4) is 5.75 Å². The Morgan fingerprint density at radius 1 is 1.21 bits per heavy atom. The molecule has 1 aromatic heterocycles. The normalized spacial score (nSPS) is 12.4. The number of aliphatic hydroxyl groups is 1. The van der Waals surface area contributed by atoms with Gasteiger partial charge in [0.2, 0.25) is 0 Å². The van der Waals surface area contributed by atoms with Crippen LogP contribution < -0.4 is 16.0 Å². The average Bonchev–Trinajstić information content (AvgIpc) is 2.59. The third-order valence-corrected chi connectivity index (χ3v) is 4.14. The van der Waals surface area contributed by atoms with Crippen molar-refractivity contribution in [3.63, 3.8) is 0 Å². The molecular formula is C17H23N3O4. The molecule has 7 heteroatoms. The van der Waals surface area contributed by atoms with E-state index in [1.807, 2.05) is 36.2 Å². The molecule has 0 aliphatic rings. The smallest absolute Gasteiger partial charge is 0.330 e. The van der Waals surface area contributed by atoms with Gasteiger partial charge in [-0.25, -0.2) is 4.79 Å². The maximum atomic E-state index is 12.3. The molecule has 0 bridgehead atoms. The van der Waals surface area contributed by atoms with Crippen LogP contribution in [-0.4, -0.2) is 39.9 Å². The molecule has 0 spiro atoms. The number of aromatic nitrogens is 2. The second kappa shape index (κ2) is 7.46. The highest BCUT2D eigenvalue weighted by Crippen LogP contribution is 2.22. The molecule has 0 saturated carbocycles. The number of aliphatic hydroxyl groups excluding tert-OH is 1. The second-order valence-corrected chi connectivity index (χ2v) is 5.80. The summed E-state index contributed by atoms with van der Waals surface area (Å²) in [6.45, 7) is 0.229. The number of rotatable bonds is 6. The summed E-state index contributed by atoms with van der Waals surface area (Å²) in [5.41, 5.74) is 0.730. The van der Waals surface area contributed by atoms with Gasteiger partial charge in [-0.1, -0.05) is 12.1 Å². The zero-order valence-electron chi connectivity index (χ0n) is 14.4. The molecule has 2 aromatic rings. The predicted molar refractivity (Wildman–Crippen MR) is 91.2 cm³/mol. The Hall–Kier alpha value is -2.38. The third kappa shape index (κ3) is 3.58. The van der Waals surface area contributed by atoms with Crippen molar-refractivity contribution in [2.24, 2.45) is 14.1 Å². The number of ether oxygens (including phenoxy) is 1. The standard InChI is InChI=1S/C17H23N3O4/c1-18(9-13-10-19(2)17(23)20(3)16(13)22)15(11-21)12-5-7-14(24-4)8-6-12/h5-8,10,15,21H,9,11H2,1-4H3. The van der Waals surface area contributed by atoms with Gasteiger partial charge in [0.1, 0.15) is 5.75 Å². The largest absolute Gasteiger partial charge is 0.497 e. The highest BCUT2D eigenvalue weighted by atomic mass is 16.5. The minimum absolute atomic E-state index is 0.0884. The van der Waals surface area contributed by atoms with Gasteiger partial charge in [-0.2, -0.15) is 0 Å². The molecule has 130 valence electrons. The van der Waals surface area contributed by atoms with Crippen molar-refractivity contribution in [2.45, 2.75) is 12.6 Å². The van der Waals surface area contributed by atoms with Crippen LogP contribution in [0.4, 0.5) is 0 Å². The SMILES string of the molecule is COc1ccc(C(CO)N(C)Cc2cn(C)c(=O)n(C)c2=O)cc1. The highest BCUT2D eigenvalue weighted by molar-refractivity contribution is 5.29. The van der Waals surface area contributed by atoms with Crippen LogP contribution in [0.25, 0.3) is 0 Å². The summed E-state index contributed by atoms with van der Waals surface area (Å²) in [7, 11) is 6.50. The Morgan fingerprint density at radius 2 is 1.83 bits per heavy atom. The Kier molecular flexibility index (Phi) is 5.58. The fraction of sp³-hybridized carbons (Fsp3) is 0.412. The van der Waals surface area contributed by atoms with Crippen molar-refractivity contribution in [1.82, 2.24) is 14.0 Å². The second-order valence-electron chi connectivity index (χ2n) is 5.80. The Labute approximate surface area is 140 Å². The summed E-state index contributed by atoms with van der Waals surface area (Å²) < 4.78 is 7.61. The van der Waals surface area contributed by atoms with Crippen molar-refractivity contribution in [1.29, 1.82) is 0 Å². The van der Waals surface area contributed by atoms with Crippen LogP contribution in [0.15, 0.2) is 40.1 Å². The Morgan fingerprint density at radius 3 is 2.38 bits per heavy atom. The number of nitrogens with zero attached hydrogens (tertiary/aromatic N) is 3. The lowest BCUT2D eigenvalue weighted by Gasteiger charge is -2.27. The number of benzene rings is 1. The first-order valence-electron chi connectivity index (χ1n) is 7.59. The molecule has 1 atom stereocenters. The Balaban J connectivity index is 2.28. The summed E-state index contributed by atoms with van der Waals surface area (Å²) in [4.78, 5) is 25.9. The van der Waals surface area contributed by atoms with Gasteiger partial charge < -0.3 is 14.4 Å². The van der Waals surface area contributed by atoms with E-state index in [1.165, 1.54) is 11.6 Å². The van der Waals surface area contributed by atoms with Crippen LogP contribution in [0.5, 0.6) is 5.75 Å². The molecule has 0 amide bonds. The van der Waals surface area contributed by atoms with E-state index in [1.54, 1.807) is 20.4 Å². The predicted octanol–water partition coefficient (Wildman–Crippen LogP) is 0.258. The van der Waals surface area contributed by atoms with Gasteiger partial charge in [-0.15, -0.1) is 0 Å². The van der Waals surface area contributed by atoms with Gasteiger partial charge in [0.25, 0.3) is 5.56 Å². The van der Waals surface area contributed by atoms with Crippen LogP contribution in [-0.2, 0) is 20.6 Å². The number of hydrogen-bond donors (Lipinski definition) is 1. The first kappa shape index (κ1) is 18.0. The Bertz CT molecular complexity index is 808. The van der Waals surface area contributed by atoms with Gasteiger partial charge in [-0.05, 0) is 24.7 Å². The van der Waals surface area contributed by atoms with Crippen LogP contribution in [0.1, 0.15) is 17.2 Å². The van der Waals surface area contributed by atoms with Gasteiger partial charge in [0.05, 0.1) is 19.8 Å². The molecule has 0 saturated heterocycles. The quantitative estimate of drug-likeness (QED) is 0.820. The molecule has 7 nitrogen and oxygen atoms in total. The lowest BCUT2D eigenvalue weighted by atomic mass is 10.1. The van der Waals surface area contributed by atoms with Crippen molar-refractivity contribution in [3.05, 3.63) is 62.4 Å². The molecule has 1 aromatic carbocycles. The van der Waals surface area contributed by atoms with E-state index < -0.39 is 0 Å². The maximum Gasteiger partial charge on any atom is 0.330 e. The van der Waals surface area contributed by atoms with E-state index in [0.29, 0.717) is 12.1 Å². The lowest BCUT2D eigenvalue weighted by molar-refractivity contribution is 0.141. The topological polar surface area (TPSA) is 76.7 Å². The van der Waals surface area contributed by atoms with Crippen LogP contribution in [0.3, 0.4) is 0 Å². The van der Waals surface area contributed by atoms with E-state index in [9.17, 15) is 14.7 Å². The van der Waals surface area contributed by atoms with Crippen LogP contribution >= 0.6 is 0 Å². The first-order valence-corrected chi connectivity index (χ1v) is 7.59. The van der Waals surface area contributed by atoms with E-state index in [0.717, 1.165) is 15.9 Å². The number of aryl methyl sites for hydroxylation is 1. The molecule has 0 aliphatic heterocycles. The minimum Gasteiger partial charge on any atom is -0.497 e. The molecule has 0 fully saturated rings. The van der Waals surface area contributed by atoms with Crippen molar-refractivity contribution >= 4 is 0 Å². The number of methoxy groups -OCH3 is 1. The van der Waals surface area contributed by atoms with Crippen molar-refractivity contribution < 1.29 is 9.84 Å². The molecule has 2 rings (SSSR count). The highest BCUT2D eigenvalue weighted by Gasteiger charge is 2.18. The average molecular weight is 333 g/mol. The fourth-order valence-corrected chi connectivity index (χ4v) is 2.70. The van der Waals surface area contributed by atoms with Crippen molar-refractivity contribution in [2.75, 3.05) is 20.8 Å². The monoisotopic (exact) mass is 333 g/mol. The fourth-order valence-electron chi connectivity index (χ4n) is 2.70. The van der Waals surface area contributed by atoms with E-state index in [2.05, 4.69) is 0 Å². The van der Waals surface area contributed by atoms with E-state index >= 15 is 0 Å². The molecule has 0 aliphatic carbocycles. The first-order chi connectivity index (χ1) is 11.4. The van der Waals surface area contributed by atoms with Gasteiger partial charge >= 0.3 is 5.69 Å². The molecular weight excluding hydrogens is 310 g/mol. The van der Waals surface area contributed by atoms with Crippen LogP contribution in [0, 0.1) is 0 Å². The molecule has 1 unspecified atom stereocenters. The van der Waals surface area contributed by atoms with Gasteiger partial charge in [0, 0.05) is 32.4 Å². The minimum atomic E-state index is -0.361. The molecule has 1 N–H and O–H groups in total. The van der Waals surface area contributed by atoms with E-state index in [-0.39, 0.29) is 23.9 Å². The summed E-state index contributed by atoms with van der Waals surface area (Å²) >= 11 is 0. The lowest BCUT2D eigenvalue weighted by Crippen LogP contribution is -2.40. The summed E-state index contributed by atoms with van der Waals surface area (Å²) in [5, 5.41) is 9.77. The van der Waals surface area contributed by atoms with E-state index in [4.69, 9.17) is 4.74 Å². The molecule has 24 heavy (non-hydrogen) atoms. The van der Waals surface area contributed by atoms with Gasteiger partial charge in [0.15, 0.2) is 0 Å². The van der Waals surface area contributed by atoms with Crippen LogP contribution in [0.2, 0.25) is 0 Å². The zero-order chi connectivity index (χ0) is 17.9. The maximum absolute atomic E-state index is 12.3. The third-order valence-electron chi connectivity index (χ3n) is 4.14. The molecule has 1 heterocycles. The van der Waals surface area contributed by atoms with Gasteiger partial charge in [-0.3, -0.25) is 14.3 Å². The summed E-state index contributed by atoms with van der Waals surface area (Å²) in [6, 6.07) is 7.16. The number of hydrogen-bond acceptors (Lipinski definition) is 5. The summed E-state index contributed by atoms with van der Waals surface area (Å²) in [6.07, 6.45) is 1.55. The number of likely N-dealkylation sites (N-methyl/N-ethyl adjacent to an activating group) is 1.